The fourth-order valence-electron chi connectivity index (χ4n) is 4.07. The number of hydrogen-bond acceptors (Lipinski definition) is 4. The summed E-state index contributed by atoms with van der Waals surface area (Å²) in [5.41, 5.74) is 3.83. The molecular weight excluding hydrogens is 394 g/mol. The smallest absolute Gasteiger partial charge is 0.290 e. The van der Waals surface area contributed by atoms with Gasteiger partial charge < -0.3 is 19.9 Å². The summed E-state index contributed by atoms with van der Waals surface area (Å²) >= 11 is 0. The van der Waals surface area contributed by atoms with E-state index in [1.54, 1.807) is 0 Å². The number of para-hydroxylation sites is 1. The third-order valence-corrected chi connectivity index (χ3v) is 5.78. The van der Waals surface area contributed by atoms with E-state index in [0.717, 1.165) is 41.5 Å². The second-order valence-corrected chi connectivity index (χ2v) is 7.84. The molecule has 31 heavy (non-hydrogen) atoms. The average molecular weight is 421 g/mol. The number of carbonyl (C=O) groups is 2. The average Bonchev–Trinajstić information content (AvgIpc) is 3.25. The molecule has 7 heteroatoms. The van der Waals surface area contributed by atoms with Crippen LogP contribution >= 0.6 is 0 Å². The standard InChI is InChI=1S/C23H25N3O2.CH2O2/c1-15-19-6-4-5-7-20(19)24-22(27)21(15)16-8-10-17(11-9-16)23(28)26-13-12-18(14-26)25(2)3;2-1-3/h4-11,18H,12-14H2,1-3H3,(H,24,27);1H,(H,2,3). The van der Waals surface area contributed by atoms with Crippen molar-refractivity contribution >= 4 is 23.3 Å². The third-order valence-electron chi connectivity index (χ3n) is 5.78. The SMILES string of the molecule is Cc1c(-c2ccc(C(=O)N3CCC(N(C)C)C3)cc2)c(=O)[nH]c2ccccc12.O=CO. The van der Waals surface area contributed by atoms with Crippen molar-refractivity contribution in [3.05, 3.63) is 70.0 Å². The molecule has 1 saturated heterocycles. The van der Waals surface area contributed by atoms with Crippen molar-refractivity contribution in [2.75, 3.05) is 27.2 Å². The molecule has 1 unspecified atom stereocenters. The van der Waals surface area contributed by atoms with Gasteiger partial charge in [0.1, 0.15) is 0 Å². The minimum absolute atomic E-state index is 0.0556. The third kappa shape index (κ3) is 4.67. The number of H-pyrrole nitrogens is 1. The lowest BCUT2D eigenvalue weighted by Gasteiger charge is -2.20. The minimum atomic E-state index is -0.250. The number of nitrogens with zero attached hydrogens (tertiary/aromatic N) is 2. The van der Waals surface area contributed by atoms with E-state index in [1.165, 1.54) is 0 Å². The molecule has 7 nitrogen and oxygen atoms in total. The number of likely N-dealkylation sites (tertiary alicyclic amines) is 1. The van der Waals surface area contributed by atoms with Gasteiger partial charge in [-0.2, -0.15) is 0 Å². The zero-order valence-electron chi connectivity index (χ0n) is 18.0. The Morgan fingerprint density at radius 3 is 2.42 bits per heavy atom. The second kappa shape index (κ2) is 9.57. The van der Waals surface area contributed by atoms with E-state index in [9.17, 15) is 9.59 Å². The first-order valence-corrected chi connectivity index (χ1v) is 10.1. The lowest BCUT2D eigenvalue weighted by atomic mass is 9.97. The molecule has 0 spiro atoms. The largest absolute Gasteiger partial charge is 0.483 e. The van der Waals surface area contributed by atoms with Crippen molar-refractivity contribution in [3.63, 3.8) is 0 Å². The van der Waals surface area contributed by atoms with E-state index in [0.29, 0.717) is 17.2 Å². The maximum Gasteiger partial charge on any atom is 0.290 e. The molecule has 2 aromatic carbocycles. The van der Waals surface area contributed by atoms with Crippen molar-refractivity contribution < 1.29 is 14.7 Å². The van der Waals surface area contributed by atoms with Gasteiger partial charge in [0.05, 0.1) is 5.56 Å². The number of amides is 1. The van der Waals surface area contributed by atoms with Gasteiger partial charge in [0, 0.05) is 35.6 Å². The number of aromatic nitrogens is 1. The molecule has 0 aliphatic carbocycles. The van der Waals surface area contributed by atoms with Crippen LogP contribution in [0.4, 0.5) is 0 Å². The van der Waals surface area contributed by atoms with Gasteiger partial charge in [-0.3, -0.25) is 14.4 Å². The molecule has 1 fully saturated rings. The highest BCUT2D eigenvalue weighted by Gasteiger charge is 2.28. The first kappa shape index (κ1) is 22.2. The van der Waals surface area contributed by atoms with Crippen LogP contribution in [0.2, 0.25) is 0 Å². The summed E-state index contributed by atoms with van der Waals surface area (Å²) in [6.45, 7) is 3.27. The van der Waals surface area contributed by atoms with Crippen LogP contribution in [0.3, 0.4) is 0 Å². The Labute approximate surface area is 180 Å². The Hall–Kier alpha value is -3.45. The fraction of sp³-hybridized carbons (Fsp3) is 0.292. The molecule has 1 atom stereocenters. The maximum atomic E-state index is 12.8. The lowest BCUT2D eigenvalue weighted by Crippen LogP contribution is -2.34. The summed E-state index contributed by atoms with van der Waals surface area (Å²) < 4.78 is 0. The number of rotatable bonds is 3. The molecule has 0 saturated carbocycles. The highest BCUT2D eigenvalue weighted by molar-refractivity contribution is 5.95. The molecule has 0 radical (unpaired) electrons. The molecule has 1 aliphatic heterocycles. The van der Waals surface area contributed by atoms with Crippen molar-refractivity contribution in [2.24, 2.45) is 0 Å². The highest BCUT2D eigenvalue weighted by Crippen LogP contribution is 2.26. The molecule has 0 bridgehead atoms. The molecule has 2 N–H and O–H groups in total. The number of aromatic amines is 1. The van der Waals surface area contributed by atoms with Crippen LogP contribution in [0, 0.1) is 6.92 Å². The van der Waals surface area contributed by atoms with E-state index in [-0.39, 0.29) is 17.9 Å². The number of hydrogen-bond donors (Lipinski definition) is 2. The molecule has 2 heterocycles. The van der Waals surface area contributed by atoms with Gasteiger partial charge in [0.2, 0.25) is 0 Å². The molecule has 1 aliphatic rings. The second-order valence-electron chi connectivity index (χ2n) is 7.84. The molecule has 162 valence electrons. The van der Waals surface area contributed by atoms with Gasteiger partial charge in [-0.1, -0.05) is 30.3 Å². The number of fused-ring (bicyclic) bond motifs is 1. The molecule has 3 aromatic rings. The Kier molecular flexibility index (Phi) is 6.87. The van der Waals surface area contributed by atoms with Crippen molar-refractivity contribution in [3.8, 4) is 11.1 Å². The Bertz CT molecular complexity index is 1140. The molecule has 1 amide bonds. The van der Waals surface area contributed by atoms with Gasteiger partial charge in [-0.15, -0.1) is 0 Å². The summed E-state index contributed by atoms with van der Waals surface area (Å²) in [4.78, 5) is 40.9. The monoisotopic (exact) mass is 421 g/mol. The Morgan fingerprint density at radius 1 is 1.16 bits per heavy atom. The van der Waals surface area contributed by atoms with Crippen LogP contribution in [-0.4, -0.2) is 65.5 Å². The van der Waals surface area contributed by atoms with Crippen molar-refractivity contribution in [1.82, 2.24) is 14.8 Å². The zero-order chi connectivity index (χ0) is 22.5. The summed E-state index contributed by atoms with van der Waals surface area (Å²) in [5.74, 6) is 0.0556. The predicted octanol–water partition coefficient (Wildman–Crippen LogP) is 2.98. The van der Waals surface area contributed by atoms with E-state index in [4.69, 9.17) is 9.90 Å². The predicted molar refractivity (Wildman–Crippen MR) is 121 cm³/mol. The topological polar surface area (TPSA) is 93.7 Å². The Balaban J connectivity index is 0.000000858. The number of carbonyl (C=O) groups excluding carboxylic acids is 1. The Morgan fingerprint density at radius 2 is 1.81 bits per heavy atom. The first-order chi connectivity index (χ1) is 14.9. The highest BCUT2D eigenvalue weighted by atomic mass is 16.3. The first-order valence-electron chi connectivity index (χ1n) is 10.1. The zero-order valence-corrected chi connectivity index (χ0v) is 18.0. The van der Waals surface area contributed by atoms with Crippen LogP contribution in [0.15, 0.2) is 53.3 Å². The van der Waals surface area contributed by atoms with E-state index in [1.807, 2.05) is 60.4 Å². The molecular formula is C24H27N3O4. The number of aryl methyl sites for hydroxylation is 1. The quantitative estimate of drug-likeness (QED) is 0.634. The fourth-order valence-corrected chi connectivity index (χ4v) is 4.07. The normalized spacial score (nSPS) is 15.6. The number of pyridine rings is 1. The summed E-state index contributed by atoms with van der Waals surface area (Å²) in [6, 6.07) is 15.6. The van der Waals surface area contributed by atoms with Gasteiger partial charge in [-0.25, -0.2) is 0 Å². The van der Waals surface area contributed by atoms with Gasteiger partial charge in [0.25, 0.3) is 17.9 Å². The van der Waals surface area contributed by atoms with E-state index in [2.05, 4.69) is 24.0 Å². The van der Waals surface area contributed by atoms with Crippen molar-refractivity contribution in [2.45, 2.75) is 19.4 Å². The maximum absolute atomic E-state index is 12.8. The number of carboxylic acid groups (broad SMARTS) is 1. The molecule has 4 rings (SSSR count). The van der Waals surface area contributed by atoms with E-state index < -0.39 is 0 Å². The number of likely N-dealkylation sites (N-methyl/N-ethyl adjacent to an activating group) is 1. The van der Waals surface area contributed by atoms with Crippen LogP contribution < -0.4 is 5.56 Å². The van der Waals surface area contributed by atoms with Crippen LogP contribution in [0.25, 0.3) is 22.0 Å². The van der Waals surface area contributed by atoms with Gasteiger partial charge >= 0.3 is 0 Å². The van der Waals surface area contributed by atoms with Crippen molar-refractivity contribution in [1.29, 1.82) is 0 Å². The van der Waals surface area contributed by atoms with Crippen LogP contribution in [-0.2, 0) is 4.79 Å². The molecule has 1 aromatic heterocycles. The van der Waals surface area contributed by atoms with E-state index >= 15 is 0 Å². The summed E-state index contributed by atoms with van der Waals surface area (Å²) in [5, 5.41) is 7.92. The van der Waals surface area contributed by atoms with Crippen LogP contribution in [0.5, 0.6) is 0 Å². The summed E-state index contributed by atoms with van der Waals surface area (Å²) in [6.07, 6.45) is 1.00. The number of benzene rings is 2. The minimum Gasteiger partial charge on any atom is -0.483 e. The van der Waals surface area contributed by atoms with Gasteiger partial charge in [0.15, 0.2) is 0 Å². The van der Waals surface area contributed by atoms with Crippen LogP contribution in [0.1, 0.15) is 22.3 Å². The lowest BCUT2D eigenvalue weighted by molar-refractivity contribution is -0.122. The summed E-state index contributed by atoms with van der Waals surface area (Å²) in [7, 11) is 4.10. The van der Waals surface area contributed by atoms with Gasteiger partial charge in [-0.05, 0) is 56.8 Å². The number of nitrogens with one attached hydrogen (secondary N) is 1.